The van der Waals surface area contributed by atoms with Crippen molar-refractivity contribution >= 4 is 39.3 Å². The molecule has 0 aromatic heterocycles. The van der Waals surface area contributed by atoms with Gasteiger partial charge in [0.2, 0.25) is 10.0 Å². The monoisotopic (exact) mass is 354 g/mol. The van der Waals surface area contributed by atoms with Gasteiger partial charge < -0.3 is 10.2 Å². The average molecular weight is 355 g/mol. The molecule has 0 saturated carbocycles. The predicted octanol–water partition coefficient (Wildman–Crippen LogP) is 0.888. The van der Waals surface area contributed by atoms with E-state index in [9.17, 15) is 18.5 Å². The maximum Gasteiger partial charge on any atom is 0.294 e. The molecule has 0 bridgehead atoms. The van der Waals surface area contributed by atoms with Gasteiger partial charge >= 0.3 is 0 Å². The number of sulfonamides is 1. The molecule has 21 heavy (non-hydrogen) atoms. The summed E-state index contributed by atoms with van der Waals surface area (Å²) in [4.78, 5) is 14.8. The average Bonchev–Trinajstić information content (AvgIpc) is 2.36. The van der Waals surface area contributed by atoms with E-state index in [0.717, 1.165) is 0 Å². The number of rotatable bonds is 5. The highest BCUT2D eigenvalue weighted by Crippen LogP contribution is 2.38. The number of nitrogens with two attached hydrogens (primary N) is 1. The molecule has 0 atom stereocenters. The van der Waals surface area contributed by atoms with Crippen LogP contribution in [-0.4, -0.2) is 37.6 Å². The van der Waals surface area contributed by atoms with E-state index < -0.39 is 15.1 Å². The summed E-state index contributed by atoms with van der Waals surface area (Å²) in [6, 6.07) is 2.85. The first-order chi connectivity index (χ1) is 9.77. The van der Waals surface area contributed by atoms with Crippen LogP contribution in [0.1, 0.15) is 0 Å². The van der Waals surface area contributed by atoms with Crippen LogP contribution in [0, 0.1) is 10.1 Å². The third kappa shape index (κ3) is 4.11. The standard InChI is InChI=1S/C9H11ClN4O5S2/c10-6-3-7-8(4-9(6)21(11,17)18)20-13(5-12-7)1-2-19-14(15)16/h3-4,12H,1-2,5H2,(H2,11,17,18). The zero-order valence-electron chi connectivity index (χ0n) is 10.5. The van der Waals surface area contributed by atoms with Gasteiger partial charge in [0.1, 0.15) is 11.5 Å². The summed E-state index contributed by atoms with van der Waals surface area (Å²) >= 11 is 7.12. The van der Waals surface area contributed by atoms with Crippen molar-refractivity contribution in [1.29, 1.82) is 0 Å². The molecule has 0 amide bonds. The summed E-state index contributed by atoms with van der Waals surface area (Å²) in [7, 11) is -3.92. The molecule has 0 unspecified atom stereocenters. The van der Waals surface area contributed by atoms with Gasteiger partial charge in [0, 0.05) is 11.4 Å². The lowest BCUT2D eigenvalue weighted by Gasteiger charge is -2.28. The minimum Gasteiger partial charge on any atom is -0.371 e. The van der Waals surface area contributed by atoms with E-state index in [1.165, 1.54) is 24.1 Å². The highest BCUT2D eigenvalue weighted by molar-refractivity contribution is 7.97. The Morgan fingerprint density at radius 1 is 1.57 bits per heavy atom. The van der Waals surface area contributed by atoms with Gasteiger partial charge in [-0.15, -0.1) is 10.1 Å². The molecule has 1 aliphatic rings. The van der Waals surface area contributed by atoms with Crippen LogP contribution in [-0.2, 0) is 14.9 Å². The number of primary sulfonamides is 1. The number of anilines is 1. The Hall–Kier alpha value is -1.27. The minimum absolute atomic E-state index is 0.0366. The van der Waals surface area contributed by atoms with Gasteiger partial charge in [-0.2, -0.15) is 0 Å². The normalized spacial score (nSPS) is 15.1. The molecule has 0 radical (unpaired) electrons. The maximum atomic E-state index is 11.4. The Bertz CT molecular complexity index is 668. The Labute approximate surface area is 129 Å². The molecule has 12 heteroatoms. The first kappa shape index (κ1) is 16.1. The van der Waals surface area contributed by atoms with E-state index in [1.807, 2.05) is 0 Å². The van der Waals surface area contributed by atoms with Crippen LogP contribution in [0.4, 0.5) is 5.69 Å². The van der Waals surface area contributed by atoms with Crippen molar-refractivity contribution < 1.29 is 18.3 Å². The molecular weight excluding hydrogens is 344 g/mol. The summed E-state index contributed by atoms with van der Waals surface area (Å²) in [6.07, 6.45) is 0. The van der Waals surface area contributed by atoms with Crippen molar-refractivity contribution in [3.63, 3.8) is 0 Å². The fraction of sp³-hybridized carbons (Fsp3) is 0.333. The Kier molecular flexibility index (Phi) is 4.78. The van der Waals surface area contributed by atoms with Crippen molar-refractivity contribution in [1.82, 2.24) is 4.31 Å². The van der Waals surface area contributed by atoms with Crippen LogP contribution < -0.4 is 10.5 Å². The molecule has 1 aromatic carbocycles. The van der Waals surface area contributed by atoms with E-state index in [2.05, 4.69) is 10.2 Å². The van der Waals surface area contributed by atoms with Gasteiger partial charge in [0.05, 0.1) is 17.4 Å². The Morgan fingerprint density at radius 2 is 2.29 bits per heavy atom. The zero-order valence-corrected chi connectivity index (χ0v) is 12.9. The summed E-state index contributed by atoms with van der Waals surface area (Å²) < 4.78 is 24.6. The lowest BCUT2D eigenvalue weighted by molar-refractivity contribution is -0.757. The lowest BCUT2D eigenvalue weighted by Crippen LogP contribution is -2.30. The SMILES string of the molecule is NS(=O)(=O)c1cc2c(cc1Cl)NCN(CCO[N+](=O)[O-])S2. The molecule has 0 saturated heterocycles. The molecule has 0 aliphatic carbocycles. The quantitative estimate of drug-likeness (QED) is 0.453. The van der Waals surface area contributed by atoms with Crippen LogP contribution >= 0.6 is 23.5 Å². The van der Waals surface area contributed by atoms with E-state index >= 15 is 0 Å². The Balaban J connectivity index is 2.14. The second-order valence-corrected chi connectivity index (χ2v) is 7.09. The van der Waals surface area contributed by atoms with Gasteiger partial charge in [-0.1, -0.05) is 11.6 Å². The van der Waals surface area contributed by atoms with Crippen molar-refractivity contribution in [3.05, 3.63) is 27.3 Å². The second-order valence-electron chi connectivity index (χ2n) is 4.01. The molecular formula is C9H11ClN4O5S2. The first-order valence-corrected chi connectivity index (χ1v) is 8.27. The topological polar surface area (TPSA) is 128 Å². The molecule has 2 rings (SSSR count). The number of halogens is 1. The van der Waals surface area contributed by atoms with Crippen LogP contribution in [0.3, 0.4) is 0 Å². The Morgan fingerprint density at radius 3 is 2.90 bits per heavy atom. The first-order valence-electron chi connectivity index (χ1n) is 5.58. The smallest absolute Gasteiger partial charge is 0.294 e. The third-order valence-electron chi connectivity index (χ3n) is 2.55. The summed E-state index contributed by atoms with van der Waals surface area (Å²) in [5.74, 6) is 0. The second kappa shape index (κ2) is 6.23. The van der Waals surface area contributed by atoms with Crippen LogP contribution in [0.15, 0.2) is 21.9 Å². The van der Waals surface area contributed by atoms with E-state index in [1.54, 1.807) is 4.31 Å². The fourth-order valence-electron chi connectivity index (χ4n) is 1.65. The zero-order chi connectivity index (χ0) is 15.6. The van der Waals surface area contributed by atoms with Crippen molar-refractivity contribution in [3.8, 4) is 0 Å². The van der Waals surface area contributed by atoms with Gasteiger partial charge in [0.25, 0.3) is 5.09 Å². The minimum atomic E-state index is -3.92. The summed E-state index contributed by atoms with van der Waals surface area (Å²) in [5, 5.41) is 17.4. The van der Waals surface area contributed by atoms with Crippen molar-refractivity contribution in [2.24, 2.45) is 5.14 Å². The highest BCUT2D eigenvalue weighted by Gasteiger charge is 2.22. The fourth-order valence-corrected chi connectivity index (χ4v) is 3.80. The van der Waals surface area contributed by atoms with Crippen molar-refractivity contribution in [2.45, 2.75) is 9.79 Å². The lowest BCUT2D eigenvalue weighted by atomic mass is 10.3. The molecule has 1 heterocycles. The molecule has 1 aliphatic heterocycles. The number of nitrogens with one attached hydrogen (secondary N) is 1. The van der Waals surface area contributed by atoms with Crippen LogP contribution in [0.2, 0.25) is 5.02 Å². The van der Waals surface area contributed by atoms with Gasteiger partial charge in [-0.05, 0) is 24.1 Å². The molecule has 3 N–H and O–H groups in total. The molecule has 116 valence electrons. The van der Waals surface area contributed by atoms with Crippen LogP contribution in [0.25, 0.3) is 0 Å². The van der Waals surface area contributed by atoms with Crippen molar-refractivity contribution in [2.75, 3.05) is 25.1 Å². The van der Waals surface area contributed by atoms with E-state index in [-0.39, 0.29) is 23.1 Å². The number of benzene rings is 1. The highest BCUT2D eigenvalue weighted by atomic mass is 35.5. The molecule has 9 nitrogen and oxygen atoms in total. The largest absolute Gasteiger partial charge is 0.371 e. The predicted molar refractivity (Wildman–Crippen MR) is 76.8 cm³/mol. The molecule has 0 fully saturated rings. The number of hydrogen-bond donors (Lipinski definition) is 2. The summed E-state index contributed by atoms with van der Waals surface area (Å²) in [5.41, 5.74) is 0.670. The molecule has 1 aromatic rings. The van der Waals surface area contributed by atoms with E-state index in [4.69, 9.17) is 16.7 Å². The number of fused-ring (bicyclic) bond motifs is 1. The van der Waals surface area contributed by atoms with Gasteiger partial charge in [-0.25, -0.2) is 17.9 Å². The summed E-state index contributed by atoms with van der Waals surface area (Å²) in [6.45, 7) is 0.599. The van der Waals surface area contributed by atoms with Crippen LogP contribution in [0.5, 0.6) is 0 Å². The molecule has 0 spiro atoms. The maximum absolute atomic E-state index is 11.4. The van der Waals surface area contributed by atoms with Gasteiger partial charge in [-0.3, -0.25) is 0 Å². The van der Waals surface area contributed by atoms with Gasteiger partial charge in [0.15, 0.2) is 0 Å². The number of hydrogen-bond acceptors (Lipinski definition) is 8. The van der Waals surface area contributed by atoms with E-state index in [0.29, 0.717) is 17.3 Å². The number of nitrogens with zero attached hydrogens (tertiary/aromatic N) is 2. The third-order valence-corrected chi connectivity index (χ3v) is 5.03.